The maximum absolute atomic E-state index is 12.4. The largest absolute Gasteiger partial charge is 0.373 e. The van der Waals surface area contributed by atoms with Crippen LogP contribution in [0, 0.1) is 5.41 Å². The maximum atomic E-state index is 12.4. The Morgan fingerprint density at radius 2 is 2.00 bits per heavy atom. The number of hydrogen-bond acceptors (Lipinski definition) is 6. The third-order valence-electron chi connectivity index (χ3n) is 4.38. The van der Waals surface area contributed by atoms with E-state index in [0.717, 1.165) is 44.8 Å². The van der Waals surface area contributed by atoms with Crippen LogP contribution in [0.1, 0.15) is 32.3 Å². The summed E-state index contributed by atoms with van der Waals surface area (Å²) in [4.78, 5) is 19.1. The highest BCUT2D eigenvalue weighted by atomic mass is 16.1. The van der Waals surface area contributed by atoms with Crippen LogP contribution in [-0.2, 0) is 4.79 Å². The SMILES string of the molecule is CCN(CC)c1ccc(C(=N)C(=O)NC2CCNCC2)c(NC)n1. The van der Waals surface area contributed by atoms with Crippen molar-refractivity contribution in [2.24, 2.45) is 0 Å². The van der Waals surface area contributed by atoms with Crippen molar-refractivity contribution in [3.8, 4) is 0 Å². The Hall–Kier alpha value is -2.15. The number of nitrogens with one attached hydrogen (secondary N) is 4. The van der Waals surface area contributed by atoms with Crippen molar-refractivity contribution < 1.29 is 4.79 Å². The summed E-state index contributed by atoms with van der Waals surface area (Å²) in [6.45, 7) is 7.68. The molecular weight excluding hydrogens is 304 g/mol. The highest BCUT2D eigenvalue weighted by molar-refractivity contribution is 6.45. The normalized spacial score (nSPS) is 15.0. The average Bonchev–Trinajstić information content (AvgIpc) is 2.62. The monoisotopic (exact) mass is 332 g/mol. The first-order chi connectivity index (χ1) is 11.6. The number of carbonyl (C=O) groups excluding carboxylic acids is 1. The van der Waals surface area contributed by atoms with Crippen LogP contribution in [-0.4, -0.2) is 55.9 Å². The molecule has 2 heterocycles. The van der Waals surface area contributed by atoms with E-state index in [0.29, 0.717) is 11.4 Å². The van der Waals surface area contributed by atoms with Crippen molar-refractivity contribution in [2.45, 2.75) is 32.7 Å². The first-order valence-electron chi connectivity index (χ1n) is 8.64. The fourth-order valence-electron chi connectivity index (χ4n) is 2.91. The van der Waals surface area contributed by atoms with Gasteiger partial charge in [-0.3, -0.25) is 10.2 Å². The third kappa shape index (κ3) is 4.23. The average molecular weight is 332 g/mol. The summed E-state index contributed by atoms with van der Waals surface area (Å²) < 4.78 is 0. The molecule has 0 spiro atoms. The van der Waals surface area contributed by atoms with E-state index >= 15 is 0 Å². The minimum atomic E-state index is -0.337. The van der Waals surface area contributed by atoms with Crippen molar-refractivity contribution in [1.82, 2.24) is 15.6 Å². The molecule has 1 aromatic rings. The molecule has 0 aromatic carbocycles. The summed E-state index contributed by atoms with van der Waals surface area (Å²) in [7, 11) is 1.76. The number of pyridine rings is 1. The van der Waals surface area contributed by atoms with Gasteiger partial charge in [0.2, 0.25) is 0 Å². The quantitative estimate of drug-likeness (QED) is 0.563. The molecule has 0 unspecified atom stereocenters. The zero-order chi connectivity index (χ0) is 17.5. The first-order valence-corrected chi connectivity index (χ1v) is 8.64. The Bertz CT molecular complexity index is 578. The van der Waals surface area contributed by atoms with Gasteiger partial charge in [0.1, 0.15) is 17.3 Å². The molecule has 1 amide bonds. The minimum Gasteiger partial charge on any atom is -0.373 e. The van der Waals surface area contributed by atoms with E-state index in [1.165, 1.54) is 0 Å². The van der Waals surface area contributed by atoms with E-state index in [1.807, 2.05) is 6.07 Å². The summed E-state index contributed by atoms with van der Waals surface area (Å²) in [6, 6.07) is 3.81. The molecule has 24 heavy (non-hydrogen) atoms. The number of hydrogen-bond donors (Lipinski definition) is 4. The second kappa shape index (κ2) is 8.63. The number of piperidine rings is 1. The number of anilines is 2. The number of amides is 1. The zero-order valence-corrected chi connectivity index (χ0v) is 14.8. The minimum absolute atomic E-state index is 0.0449. The number of rotatable bonds is 7. The van der Waals surface area contributed by atoms with Gasteiger partial charge in [-0.05, 0) is 51.9 Å². The Morgan fingerprint density at radius 3 is 2.58 bits per heavy atom. The van der Waals surface area contributed by atoms with Crippen LogP contribution < -0.4 is 20.9 Å². The predicted octanol–water partition coefficient (Wildman–Crippen LogP) is 1.21. The fraction of sp³-hybridized carbons (Fsp3) is 0.588. The van der Waals surface area contributed by atoms with Crippen molar-refractivity contribution in [3.05, 3.63) is 17.7 Å². The van der Waals surface area contributed by atoms with Crippen LogP contribution in [0.4, 0.5) is 11.6 Å². The van der Waals surface area contributed by atoms with Crippen molar-refractivity contribution in [2.75, 3.05) is 43.4 Å². The second-order valence-corrected chi connectivity index (χ2v) is 5.86. The van der Waals surface area contributed by atoms with Gasteiger partial charge < -0.3 is 20.9 Å². The molecule has 0 bridgehead atoms. The lowest BCUT2D eigenvalue weighted by Crippen LogP contribution is -2.45. The molecule has 1 saturated heterocycles. The van der Waals surface area contributed by atoms with Crippen LogP contribution in [0.15, 0.2) is 12.1 Å². The van der Waals surface area contributed by atoms with E-state index in [2.05, 4.69) is 39.7 Å². The molecule has 0 saturated carbocycles. The van der Waals surface area contributed by atoms with Gasteiger partial charge >= 0.3 is 0 Å². The molecule has 0 aliphatic carbocycles. The lowest BCUT2D eigenvalue weighted by atomic mass is 10.1. The summed E-state index contributed by atoms with van der Waals surface area (Å²) in [5.41, 5.74) is 0.483. The van der Waals surface area contributed by atoms with E-state index in [-0.39, 0.29) is 17.7 Å². The van der Waals surface area contributed by atoms with Gasteiger partial charge in [0, 0.05) is 31.7 Å². The number of aromatic nitrogens is 1. The van der Waals surface area contributed by atoms with Crippen LogP contribution in [0.5, 0.6) is 0 Å². The Morgan fingerprint density at radius 1 is 1.33 bits per heavy atom. The van der Waals surface area contributed by atoms with Gasteiger partial charge in [-0.2, -0.15) is 0 Å². The maximum Gasteiger partial charge on any atom is 0.270 e. The number of carbonyl (C=O) groups is 1. The lowest BCUT2D eigenvalue weighted by Gasteiger charge is -2.24. The molecule has 7 heteroatoms. The van der Waals surface area contributed by atoms with Gasteiger partial charge in [-0.15, -0.1) is 0 Å². The highest BCUT2D eigenvalue weighted by Gasteiger charge is 2.21. The van der Waals surface area contributed by atoms with E-state index in [4.69, 9.17) is 5.41 Å². The molecule has 1 aliphatic heterocycles. The van der Waals surface area contributed by atoms with Crippen LogP contribution in [0.2, 0.25) is 0 Å². The molecule has 1 fully saturated rings. The van der Waals surface area contributed by atoms with Crippen LogP contribution in [0.25, 0.3) is 0 Å². The molecular formula is C17H28N6O. The van der Waals surface area contributed by atoms with Crippen molar-refractivity contribution in [1.29, 1.82) is 5.41 Å². The molecule has 1 aromatic heterocycles. The summed E-state index contributed by atoms with van der Waals surface area (Å²) in [5.74, 6) is 1.07. The highest BCUT2D eigenvalue weighted by Crippen LogP contribution is 2.19. The lowest BCUT2D eigenvalue weighted by molar-refractivity contribution is -0.115. The smallest absolute Gasteiger partial charge is 0.270 e. The Kier molecular flexibility index (Phi) is 6.54. The second-order valence-electron chi connectivity index (χ2n) is 5.86. The van der Waals surface area contributed by atoms with E-state index in [1.54, 1.807) is 13.1 Å². The predicted molar refractivity (Wildman–Crippen MR) is 98.2 cm³/mol. The summed E-state index contributed by atoms with van der Waals surface area (Å²) >= 11 is 0. The molecule has 4 N–H and O–H groups in total. The van der Waals surface area contributed by atoms with Gasteiger partial charge in [0.05, 0.1) is 0 Å². The van der Waals surface area contributed by atoms with Crippen LogP contribution >= 0.6 is 0 Å². The van der Waals surface area contributed by atoms with Crippen molar-refractivity contribution in [3.63, 3.8) is 0 Å². The van der Waals surface area contributed by atoms with Crippen molar-refractivity contribution >= 4 is 23.3 Å². The standard InChI is InChI=1S/C17H28N6O/c1-4-23(5-2)14-7-6-13(16(19-3)22-14)15(18)17(24)21-12-8-10-20-11-9-12/h6-7,12,18,20H,4-5,8-11H2,1-3H3,(H,19,22)(H,21,24). The van der Waals surface area contributed by atoms with Gasteiger partial charge in [-0.1, -0.05) is 0 Å². The Labute approximate surface area is 143 Å². The molecule has 0 radical (unpaired) electrons. The molecule has 7 nitrogen and oxygen atoms in total. The fourth-order valence-corrected chi connectivity index (χ4v) is 2.91. The summed E-state index contributed by atoms with van der Waals surface area (Å²) in [6.07, 6.45) is 1.80. The van der Waals surface area contributed by atoms with Gasteiger partial charge in [0.25, 0.3) is 5.91 Å². The van der Waals surface area contributed by atoms with E-state index < -0.39 is 0 Å². The Balaban J connectivity index is 2.14. The number of nitrogens with zero attached hydrogens (tertiary/aromatic N) is 2. The molecule has 0 atom stereocenters. The van der Waals surface area contributed by atoms with Gasteiger partial charge in [0.15, 0.2) is 0 Å². The zero-order valence-electron chi connectivity index (χ0n) is 14.8. The van der Waals surface area contributed by atoms with Gasteiger partial charge in [-0.25, -0.2) is 4.98 Å². The van der Waals surface area contributed by atoms with E-state index in [9.17, 15) is 4.79 Å². The molecule has 1 aliphatic rings. The molecule has 2 rings (SSSR count). The summed E-state index contributed by atoms with van der Waals surface area (Å²) in [5, 5.41) is 17.5. The molecule has 132 valence electrons. The topological polar surface area (TPSA) is 93.1 Å². The first kappa shape index (κ1) is 18.2. The van der Waals surface area contributed by atoms with Crippen LogP contribution in [0.3, 0.4) is 0 Å². The third-order valence-corrected chi connectivity index (χ3v) is 4.38.